The number of benzene rings is 1. The van der Waals surface area contributed by atoms with Crippen molar-refractivity contribution in [2.24, 2.45) is 5.92 Å². The van der Waals surface area contributed by atoms with Gasteiger partial charge in [0, 0.05) is 51.9 Å². The van der Waals surface area contributed by atoms with Crippen LogP contribution in [0.2, 0.25) is 10.0 Å². The third kappa shape index (κ3) is 6.03. The quantitative estimate of drug-likeness (QED) is 0.565. The molecular weight excluding hydrogens is 479 g/mol. The van der Waals surface area contributed by atoms with Gasteiger partial charge in [0.25, 0.3) is 0 Å². The molecule has 1 aromatic rings. The van der Waals surface area contributed by atoms with Crippen LogP contribution in [0.5, 0.6) is 0 Å². The Morgan fingerprint density at radius 1 is 1.15 bits per heavy atom. The number of urea groups is 1. The van der Waals surface area contributed by atoms with Gasteiger partial charge < -0.3 is 15.0 Å². The molecule has 0 aromatic heterocycles. The van der Waals surface area contributed by atoms with Crippen LogP contribution >= 0.6 is 23.2 Å². The van der Waals surface area contributed by atoms with Gasteiger partial charge in [-0.1, -0.05) is 43.1 Å². The molecule has 2 heterocycles. The maximum atomic E-state index is 13.1. The van der Waals surface area contributed by atoms with Crippen molar-refractivity contribution in [3.8, 4) is 0 Å². The topological polar surface area (TPSA) is 82.2 Å². The Hall–Kier alpha value is -2.29. The molecule has 0 unspecified atom stereocenters. The molecule has 10 heteroatoms. The van der Waals surface area contributed by atoms with Gasteiger partial charge in [-0.05, 0) is 30.5 Å². The number of halogens is 2. The van der Waals surface area contributed by atoms with Crippen LogP contribution in [0, 0.1) is 5.92 Å². The number of nitrogens with zero attached hydrogens (tertiary/aromatic N) is 3. The Kier molecular flexibility index (Phi) is 8.84. The Morgan fingerprint density at radius 3 is 2.41 bits per heavy atom. The number of rotatable bonds is 7. The van der Waals surface area contributed by atoms with Gasteiger partial charge in [0.2, 0.25) is 5.91 Å². The van der Waals surface area contributed by atoms with Crippen LogP contribution in [0.3, 0.4) is 0 Å². The molecule has 2 aliphatic rings. The van der Waals surface area contributed by atoms with Crippen LogP contribution in [0.25, 0.3) is 0 Å². The standard InChI is InChI=1S/C24H32Cl2N4O4/c1-5-34-23(32)21-19(14-29-8-10-30(11-9-29)20(31)12-15(2)3)28(4)24(33)27-22(21)16-6-7-17(25)18(26)13-16/h6-7,13,15,22H,5,8-12,14H2,1-4H3,(H,27,33)/t22-/m0/s1. The smallest absolute Gasteiger partial charge is 0.338 e. The van der Waals surface area contributed by atoms with Crippen molar-refractivity contribution in [3.63, 3.8) is 0 Å². The van der Waals surface area contributed by atoms with E-state index < -0.39 is 12.0 Å². The first kappa shape index (κ1) is 26.3. The number of hydrogen-bond acceptors (Lipinski definition) is 5. The molecule has 0 aliphatic carbocycles. The average molecular weight is 511 g/mol. The zero-order valence-electron chi connectivity index (χ0n) is 20.1. The molecule has 1 N–H and O–H groups in total. The summed E-state index contributed by atoms with van der Waals surface area (Å²) in [5.74, 6) is -0.0170. The number of carbonyl (C=O) groups is 3. The normalized spacial score (nSPS) is 19.5. The third-order valence-electron chi connectivity index (χ3n) is 6.03. The fraction of sp³-hybridized carbons (Fsp3) is 0.542. The van der Waals surface area contributed by atoms with E-state index in [9.17, 15) is 14.4 Å². The average Bonchev–Trinajstić information content (AvgIpc) is 2.78. The predicted molar refractivity (Wildman–Crippen MR) is 132 cm³/mol. The number of likely N-dealkylation sites (N-methyl/N-ethyl adjacent to an activating group) is 1. The maximum absolute atomic E-state index is 13.1. The van der Waals surface area contributed by atoms with E-state index in [0.717, 1.165) is 0 Å². The van der Waals surface area contributed by atoms with E-state index in [0.29, 0.717) is 71.9 Å². The number of hydrogen-bond donors (Lipinski definition) is 1. The second-order valence-electron chi connectivity index (χ2n) is 8.95. The molecule has 34 heavy (non-hydrogen) atoms. The minimum Gasteiger partial charge on any atom is -0.463 e. The number of carbonyl (C=O) groups excluding carboxylic acids is 3. The SMILES string of the molecule is CCOC(=O)C1=C(CN2CCN(C(=O)CC(C)C)CC2)N(C)C(=O)N[C@H]1c1ccc(Cl)c(Cl)c1. The summed E-state index contributed by atoms with van der Waals surface area (Å²) < 4.78 is 5.37. The molecule has 1 aromatic carbocycles. The highest BCUT2D eigenvalue weighted by Crippen LogP contribution is 2.34. The van der Waals surface area contributed by atoms with E-state index in [1.807, 2.05) is 18.7 Å². The van der Waals surface area contributed by atoms with E-state index in [4.69, 9.17) is 27.9 Å². The van der Waals surface area contributed by atoms with Crippen molar-refractivity contribution in [2.45, 2.75) is 33.2 Å². The van der Waals surface area contributed by atoms with Gasteiger partial charge in [-0.2, -0.15) is 0 Å². The molecule has 1 fully saturated rings. The van der Waals surface area contributed by atoms with E-state index in [1.54, 1.807) is 32.2 Å². The zero-order chi connectivity index (χ0) is 25.0. The number of amides is 3. The van der Waals surface area contributed by atoms with Crippen molar-refractivity contribution in [1.29, 1.82) is 0 Å². The van der Waals surface area contributed by atoms with Crippen LogP contribution in [0.1, 0.15) is 38.8 Å². The molecule has 0 saturated carbocycles. The van der Waals surface area contributed by atoms with E-state index in [-0.39, 0.29) is 18.5 Å². The second-order valence-corrected chi connectivity index (χ2v) is 9.77. The summed E-state index contributed by atoms with van der Waals surface area (Å²) >= 11 is 12.3. The maximum Gasteiger partial charge on any atom is 0.338 e. The molecule has 186 valence electrons. The Morgan fingerprint density at radius 2 is 1.82 bits per heavy atom. The second kappa shape index (κ2) is 11.4. The van der Waals surface area contributed by atoms with Crippen molar-refractivity contribution < 1.29 is 19.1 Å². The van der Waals surface area contributed by atoms with E-state index in [1.165, 1.54) is 4.90 Å². The molecule has 0 bridgehead atoms. The Labute approximate surface area is 210 Å². The summed E-state index contributed by atoms with van der Waals surface area (Å²) in [5, 5.41) is 3.60. The molecule has 0 radical (unpaired) electrons. The minimum absolute atomic E-state index is 0.162. The third-order valence-corrected chi connectivity index (χ3v) is 6.77. The van der Waals surface area contributed by atoms with Crippen LogP contribution in [0.4, 0.5) is 4.79 Å². The summed E-state index contributed by atoms with van der Waals surface area (Å²) in [4.78, 5) is 43.8. The molecule has 1 saturated heterocycles. The molecule has 3 amide bonds. The lowest BCUT2D eigenvalue weighted by Gasteiger charge is -2.39. The summed E-state index contributed by atoms with van der Waals surface area (Å²) in [7, 11) is 1.64. The molecule has 3 rings (SSSR count). The first-order valence-corrected chi connectivity index (χ1v) is 12.3. The van der Waals surface area contributed by atoms with Crippen LogP contribution in [-0.2, 0) is 14.3 Å². The molecule has 0 spiro atoms. The Bertz CT molecular complexity index is 974. The molecule has 8 nitrogen and oxygen atoms in total. The van der Waals surface area contributed by atoms with Gasteiger partial charge in [0.1, 0.15) is 0 Å². The van der Waals surface area contributed by atoms with Gasteiger partial charge in [0.05, 0.1) is 28.3 Å². The lowest BCUT2D eigenvalue weighted by molar-refractivity contribution is -0.139. The van der Waals surface area contributed by atoms with Crippen molar-refractivity contribution in [2.75, 3.05) is 46.4 Å². The van der Waals surface area contributed by atoms with Crippen molar-refractivity contribution in [1.82, 2.24) is 20.0 Å². The fourth-order valence-corrected chi connectivity index (χ4v) is 4.49. The summed E-state index contributed by atoms with van der Waals surface area (Å²) in [5.41, 5.74) is 1.57. The monoisotopic (exact) mass is 510 g/mol. The first-order chi connectivity index (χ1) is 16.1. The van der Waals surface area contributed by atoms with Gasteiger partial charge in [-0.15, -0.1) is 0 Å². The largest absolute Gasteiger partial charge is 0.463 e. The van der Waals surface area contributed by atoms with Crippen molar-refractivity contribution in [3.05, 3.63) is 45.1 Å². The summed E-state index contributed by atoms with van der Waals surface area (Å²) in [6.45, 7) is 8.91. The van der Waals surface area contributed by atoms with Crippen LogP contribution < -0.4 is 5.32 Å². The summed E-state index contributed by atoms with van der Waals surface area (Å²) in [6.07, 6.45) is 0.534. The van der Waals surface area contributed by atoms with E-state index >= 15 is 0 Å². The lowest BCUT2D eigenvalue weighted by Crippen LogP contribution is -2.53. The van der Waals surface area contributed by atoms with Gasteiger partial charge in [-0.25, -0.2) is 9.59 Å². The summed E-state index contributed by atoms with van der Waals surface area (Å²) in [6, 6.07) is 3.97. The lowest BCUT2D eigenvalue weighted by atomic mass is 9.94. The Balaban J connectivity index is 1.89. The molecule has 1 atom stereocenters. The molecule has 2 aliphatic heterocycles. The number of esters is 1. The van der Waals surface area contributed by atoms with Crippen molar-refractivity contribution >= 4 is 41.1 Å². The predicted octanol–water partition coefficient (Wildman–Crippen LogP) is 3.70. The fourth-order valence-electron chi connectivity index (χ4n) is 4.19. The molecular formula is C24H32Cl2N4O4. The van der Waals surface area contributed by atoms with Gasteiger partial charge >= 0.3 is 12.0 Å². The number of ether oxygens (including phenoxy) is 1. The van der Waals surface area contributed by atoms with Crippen LogP contribution in [-0.4, -0.2) is 79.0 Å². The van der Waals surface area contributed by atoms with Gasteiger partial charge in [-0.3, -0.25) is 14.6 Å². The van der Waals surface area contributed by atoms with Crippen LogP contribution in [0.15, 0.2) is 29.5 Å². The van der Waals surface area contributed by atoms with E-state index in [2.05, 4.69) is 10.2 Å². The first-order valence-electron chi connectivity index (χ1n) is 11.5. The number of nitrogens with one attached hydrogen (secondary N) is 1. The zero-order valence-corrected chi connectivity index (χ0v) is 21.6. The van der Waals surface area contributed by atoms with Gasteiger partial charge in [0.15, 0.2) is 0 Å². The minimum atomic E-state index is -0.721. The highest BCUT2D eigenvalue weighted by molar-refractivity contribution is 6.42. The highest BCUT2D eigenvalue weighted by Gasteiger charge is 2.38. The number of piperazine rings is 1. The highest BCUT2D eigenvalue weighted by atomic mass is 35.5.